The Hall–Kier alpha value is -7.63. The first kappa shape index (κ1) is 31.9. The van der Waals surface area contributed by atoms with E-state index in [-0.39, 0.29) is 0 Å². The van der Waals surface area contributed by atoms with Crippen LogP contribution in [0.4, 0.5) is 0 Å². The summed E-state index contributed by atoms with van der Waals surface area (Å²) in [5.41, 5.74) is 12.6. The van der Waals surface area contributed by atoms with Crippen LogP contribution >= 0.6 is 0 Å². The van der Waals surface area contributed by atoms with Gasteiger partial charge in [0, 0.05) is 32.7 Å². The van der Waals surface area contributed by atoms with Crippen molar-refractivity contribution in [1.82, 2.24) is 19.5 Å². The second-order valence-corrected chi connectivity index (χ2v) is 14.1. The van der Waals surface area contributed by atoms with Crippen LogP contribution in [-0.4, -0.2) is 19.5 Å². The maximum Gasteiger partial charge on any atom is 0.238 e. The molecule has 0 aliphatic heterocycles. The molecule has 0 aliphatic rings. The highest BCUT2D eigenvalue weighted by Gasteiger charge is 2.19. The average Bonchev–Trinajstić information content (AvgIpc) is 3.82. The van der Waals surface area contributed by atoms with Gasteiger partial charge in [-0.1, -0.05) is 152 Å². The van der Waals surface area contributed by atoms with Crippen LogP contribution in [0, 0.1) is 0 Å². The first-order valence-corrected chi connectivity index (χ1v) is 18.8. The minimum absolute atomic E-state index is 0.570. The van der Waals surface area contributed by atoms with Crippen LogP contribution in [-0.2, 0) is 0 Å². The van der Waals surface area contributed by atoms with Crippen LogP contribution in [0.2, 0.25) is 0 Å². The summed E-state index contributed by atoms with van der Waals surface area (Å²) in [6.45, 7) is 0. The summed E-state index contributed by atoms with van der Waals surface area (Å²) in [5, 5.41) is 4.45. The number of para-hydroxylation sites is 1. The Morgan fingerprint density at radius 1 is 0.304 bits per heavy atom. The quantitative estimate of drug-likeness (QED) is 0.172. The average molecular weight is 717 g/mol. The molecule has 0 bridgehead atoms. The molecule has 8 aromatic carbocycles. The zero-order valence-corrected chi connectivity index (χ0v) is 30.2. The molecule has 0 unspecified atom stereocenters. The Labute approximate surface area is 322 Å². The molecule has 262 valence electrons. The summed E-state index contributed by atoms with van der Waals surface area (Å²) in [5.74, 6) is 1.81. The highest BCUT2D eigenvalue weighted by molar-refractivity contribution is 6.11. The topological polar surface area (TPSA) is 56.7 Å². The second kappa shape index (κ2) is 13.0. The third-order valence-electron chi connectivity index (χ3n) is 10.7. The summed E-state index contributed by atoms with van der Waals surface area (Å²) in [6, 6.07) is 67.5. The molecule has 0 atom stereocenters. The van der Waals surface area contributed by atoms with Crippen molar-refractivity contribution in [3.8, 4) is 62.1 Å². The van der Waals surface area contributed by atoms with Gasteiger partial charge in [-0.3, -0.25) is 4.57 Å². The molecule has 0 aliphatic carbocycles. The van der Waals surface area contributed by atoms with E-state index in [1.165, 1.54) is 16.7 Å². The summed E-state index contributed by atoms with van der Waals surface area (Å²) < 4.78 is 8.47. The maximum atomic E-state index is 6.30. The van der Waals surface area contributed by atoms with E-state index in [1.807, 2.05) is 42.5 Å². The summed E-state index contributed by atoms with van der Waals surface area (Å²) in [4.78, 5) is 15.3. The molecule has 0 N–H and O–H groups in total. The first-order chi connectivity index (χ1) is 27.7. The minimum atomic E-state index is 0.570. The number of rotatable bonds is 6. The van der Waals surface area contributed by atoms with Crippen LogP contribution in [0.25, 0.3) is 106 Å². The van der Waals surface area contributed by atoms with Crippen molar-refractivity contribution in [1.29, 1.82) is 0 Å². The predicted molar refractivity (Wildman–Crippen MR) is 229 cm³/mol. The summed E-state index contributed by atoms with van der Waals surface area (Å²) in [6.07, 6.45) is 0. The van der Waals surface area contributed by atoms with Crippen LogP contribution in [0.1, 0.15) is 0 Å². The van der Waals surface area contributed by atoms with E-state index < -0.39 is 0 Å². The van der Waals surface area contributed by atoms with Crippen molar-refractivity contribution in [2.75, 3.05) is 0 Å². The Morgan fingerprint density at radius 2 is 0.714 bits per heavy atom. The van der Waals surface area contributed by atoms with Crippen LogP contribution in [0.3, 0.4) is 0 Å². The molecule has 0 radical (unpaired) electrons. The van der Waals surface area contributed by atoms with Gasteiger partial charge in [0.1, 0.15) is 11.2 Å². The van der Waals surface area contributed by atoms with Crippen molar-refractivity contribution in [2.45, 2.75) is 0 Å². The van der Waals surface area contributed by atoms with Crippen LogP contribution < -0.4 is 0 Å². The minimum Gasteiger partial charge on any atom is -0.456 e. The lowest BCUT2D eigenvalue weighted by Gasteiger charge is -2.11. The molecule has 56 heavy (non-hydrogen) atoms. The van der Waals surface area contributed by atoms with E-state index in [4.69, 9.17) is 19.4 Å². The third-order valence-corrected chi connectivity index (χ3v) is 10.7. The van der Waals surface area contributed by atoms with Gasteiger partial charge in [-0.05, 0) is 75.8 Å². The Bertz CT molecular complexity index is 3220. The highest BCUT2D eigenvalue weighted by atomic mass is 16.3. The molecule has 3 aromatic heterocycles. The smallest absolute Gasteiger partial charge is 0.238 e. The number of furan rings is 1. The largest absolute Gasteiger partial charge is 0.456 e. The zero-order valence-electron chi connectivity index (χ0n) is 30.2. The third kappa shape index (κ3) is 5.45. The lowest BCUT2D eigenvalue weighted by atomic mass is 9.99. The lowest BCUT2D eigenvalue weighted by Crippen LogP contribution is -2.06. The number of hydrogen-bond donors (Lipinski definition) is 0. The molecule has 0 fully saturated rings. The van der Waals surface area contributed by atoms with Gasteiger partial charge < -0.3 is 4.42 Å². The van der Waals surface area contributed by atoms with Gasteiger partial charge in [0.05, 0.1) is 11.0 Å². The second-order valence-electron chi connectivity index (χ2n) is 14.1. The van der Waals surface area contributed by atoms with E-state index >= 15 is 0 Å². The fourth-order valence-electron chi connectivity index (χ4n) is 7.89. The lowest BCUT2D eigenvalue weighted by molar-refractivity contribution is 0.669. The van der Waals surface area contributed by atoms with Crippen molar-refractivity contribution in [2.24, 2.45) is 0 Å². The van der Waals surface area contributed by atoms with Gasteiger partial charge in [-0.2, -0.15) is 9.97 Å². The van der Waals surface area contributed by atoms with Crippen LogP contribution in [0.15, 0.2) is 199 Å². The SMILES string of the molecule is c1ccc(-c2ccc(-c3nc(-c4ccccc4)nc(-n4c5ccccc5c5cc(-c6ccc7oc8ccc(-c9ccccc9)cc8c7c6)ccc54)n3)cc2)cc1. The van der Waals surface area contributed by atoms with Crippen molar-refractivity contribution in [3.63, 3.8) is 0 Å². The normalized spacial score (nSPS) is 11.6. The van der Waals surface area contributed by atoms with Crippen molar-refractivity contribution in [3.05, 3.63) is 194 Å². The molecule has 0 spiro atoms. The summed E-state index contributed by atoms with van der Waals surface area (Å²) in [7, 11) is 0. The Balaban J connectivity index is 1.05. The molecule has 11 rings (SSSR count). The molecule has 5 heteroatoms. The fraction of sp³-hybridized carbons (Fsp3) is 0. The molecule has 0 saturated carbocycles. The Morgan fingerprint density at radius 3 is 1.34 bits per heavy atom. The molecule has 0 amide bonds. The van der Waals surface area contributed by atoms with Gasteiger partial charge in [0.25, 0.3) is 0 Å². The number of aromatic nitrogens is 4. The van der Waals surface area contributed by atoms with Gasteiger partial charge in [-0.15, -0.1) is 0 Å². The number of hydrogen-bond acceptors (Lipinski definition) is 4. The van der Waals surface area contributed by atoms with Gasteiger partial charge >= 0.3 is 0 Å². The molecule has 5 nitrogen and oxygen atoms in total. The Kier molecular flexibility index (Phi) is 7.42. The molecule has 11 aromatic rings. The zero-order chi connectivity index (χ0) is 37.0. The standard InChI is InChI=1S/C51H32N4O/c1-4-12-33(13-5-1)35-20-22-37(23-21-35)50-52-49(36-16-8-3-9-17-36)53-51(54-50)55-45-19-11-10-18-41(45)42-30-39(24-27-46(42)55)40-26-29-48-44(32-40)43-31-38(25-28-47(43)56-48)34-14-6-2-7-15-34/h1-32H. The summed E-state index contributed by atoms with van der Waals surface area (Å²) >= 11 is 0. The number of benzene rings is 8. The molecule has 3 heterocycles. The number of fused-ring (bicyclic) bond motifs is 6. The monoisotopic (exact) mass is 716 g/mol. The molecular formula is C51H32N4O. The van der Waals surface area contributed by atoms with Gasteiger partial charge in [-0.25, -0.2) is 4.98 Å². The highest BCUT2D eigenvalue weighted by Crippen LogP contribution is 2.38. The number of nitrogens with zero attached hydrogens (tertiary/aromatic N) is 4. The predicted octanol–water partition coefficient (Wildman–Crippen LogP) is 13.2. The van der Waals surface area contributed by atoms with E-state index in [0.29, 0.717) is 17.6 Å². The van der Waals surface area contributed by atoms with Crippen molar-refractivity contribution >= 4 is 43.7 Å². The first-order valence-electron chi connectivity index (χ1n) is 18.8. The van der Waals surface area contributed by atoms with Crippen LogP contribution in [0.5, 0.6) is 0 Å². The fourth-order valence-corrected chi connectivity index (χ4v) is 7.89. The van der Waals surface area contributed by atoms with Gasteiger partial charge in [0.15, 0.2) is 11.6 Å². The van der Waals surface area contributed by atoms with E-state index in [2.05, 4.69) is 156 Å². The van der Waals surface area contributed by atoms with E-state index in [9.17, 15) is 0 Å². The van der Waals surface area contributed by atoms with Crippen molar-refractivity contribution < 1.29 is 4.42 Å². The maximum absolute atomic E-state index is 6.30. The van der Waals surface area contributed by atoms with E-state index in [0.717, 1.165) is 71.6 Å². The van der Waals surface area contributed by atoms with Gasteiger partial charge in [0.2, 0.25) is 5.95 Å². The molecular weight excluding hydrogens is 685 g/mol. The van der Waals surface area contributed by atoms with E-state index in [1.54, 1.807) is 0 Å². The molecule has 0 saturated heterocycles.